The van der Waals surface area contributed by atoms with Gasteiger partial charge in [0.15, 0.2) is 0 Å². The van der Waals surface area contributed by atoms with Crippen molar-refractivity contribution >= 4 is 17.7 Å². The third-order valence-corrected chi connectivity index (χ3v) is 5.02. The van der Waals surface area contributed by atoms with Crippen molar-refractivity contribution in [2.45, 2.75) is 6.42 Å². The normalized spacial score (nSPS) is 13.7. The van der Waals surface area contributed by atoms with Crippen LogP contribution in [0.1, 0.15) is 15.9 Å². The van der Waals surface area contributed by atoms with Gasteiger partial charge < -0.3 is 24.6 Å². The number of benzene rings is 2. The van der Waals surface area contributed by atoms with Crippen LogP contribution in [0, 0.1) is 0 Å². The van der Waals surface area contributed by atoms with Crippen molar-refractivity contribution in [3.05, 3.63) is 59.7 Å². The lowest BCUT2D eigenvalue weighted by Crippen LogP contribution is -2.52. The van der Waals surface area contributed by atoms with Crippen LogP contribution in [0.15, 0.2) is 48.5 Å². The molecule has 2 aromatic rings. The van der Waals surface area contributed by atoms with Crippen LogP contribution in [-0.4, -0.2) is 63.8 Å². The van der Waals surface area contributed by atoms with Gasteiger partial charge in [0.25, 0.3) is 0 Å². The quantitative estimate of drug-likeness (QED) is 0.759. The first-order valence-corrected chi connectivity index (χ1v) is 9.69. The second kappa shape index (κ2) is 9.82. The van der Waals surface area contributed by atoms with Gasteiger partial charge >= 0.3 is 12.0 Å². The van der Waals surface area contributed by atoms with Gasteiger partial charge in [-0.3, -0.25) is 0 Å². The number of nitrogens with one attached hydrogen (secondary N) is 1. The molecule has 1 fully saturated rings. The van der Waals surface area contributed by atoms with Crippen LogP contribution >= 0.6 is 0 Å². The minimum Gasteiger partial charge on any atom is -0.497 e. The lowest BCUT2D eigenvalue weighted by molar-refractivity contribution is 0.0600. The molecule has 1 aliphatic rings. The van der Waals surface area contributed by atoms with E-state index in [1.807, 2.05) is 47.4 Å². The molecule has 0 aliphatic carbocycles. The Morgan fingerprint density at radius 3 is 2.48 bits per heavy atom. The summed E-state index contributed by atoms with van der Waals surface area (Å²) in [4.78, 5) is 28.2. The molecule has 0 bridgehead atoms. The molecule has 0 radical (unpaired) electrons. The predicted octanol–water partition coefficient (Wildman–Crippen LogP) is 2.56. The lowest BCUT2D eigenvalue weighted by Gasteiger charge is -2.36. The van der Waals surface area contributed by atoms with Crippen LogP contribution in [0.4, 0.5) is 10.5 Å². The number of anilines is 1. The number of nitrogens with zero attached hydrogens (tertiary/aromatic N) is 2. The Labute approximate surface area is 171 Å². The van der Waals surface area contributed by atoms with Crippen molar-refractivity contribution in [1.82, 2.24) is 10.2 Å². The molecule has 1 aliphatic heterocycles. The van der Waals surface area contributed by atoms with E-state index in [1.54, 1.807) is 13.2 Å². The first-order chi connectivity index (χ1) is 14.1. The second-order valence-electron chi connectivity index (χ2n) is 6.85. The molecule has 29 heavy (non-hydrogen) atoms. The molecule has 3 rings (SSSR count). The molecule has 1 N–H and O–H groups in total. The fourth-order valence-electron chi connectivity index (χ4n) is 3.37. The van der Waals surface area contributed by atoms with Crippen molar-refractivity contribution in [2.24, 2.45) is 0 Å². The summed E-state index contributed by atoms with van der Waals surface area (Å²) in [5.74, 6) is 0.474. The summed E-state index contributed by atoms with van der Waals surface area (Å²) >= 11 is 0. The molecule has 2 amide bonds. The van der Waals surface area contributed by atoms with Gasteiger partial charge in [0.1, 0.15) is 5.75 Å². The summed E-state index contributed by atoms with van der Waals surface area (Å²) in [6.45, 7) is 3.27. The monoisotopic (exact) mass is 397 g/mol. The maximum Gasteiger partial charge on any atom is 0.337 e. The van der Waals surface area contributed by atoms with Crippen molar-refractivity contribution < 1.29 is 19.1 Å². The molecule has 2 aromatic carbocycles. The van der Waals surface area contributed by atoms with Crippen LogP contribution < -0.4 is 15.0 Å². The van der Waals surface area contributed by atoms with E-state index in [0.29, 0.717) is 38.3 Å². The summed E-state index contributed by atoms with van der Waals surface area (Å²) in [6, 6.07) is 15.2. The first kappa shape index (κ1) is 20.5. The highest BCUT2D eigenvalue weighted by atomic mass is 16.5. The standard InChI is InChI=1S/C22H27N3O4/c1-28-20-8-3-5-17(15-20)9-10-23-22(27)25-13-11-24(12-14-25)19-7-4-6-18(16-19)21(26)29-2/h3-8,15-16H,9-14H2,1-2H3,(H,23,27). The maximum absolute atomic E-state index is 12.4. The number of esters is 1. The molecule has 7 heteroatoms. The van der Waals surface area contributed by atoms with Crippen LogP contribution in [-0.2, 0) is 11.2 Å². The molecule has 0 saturated carbocycles. The summed E-state index contributed by atoms with van der Waals surface area (Å²) < 4.78 is 10.0. The summed E-state index contributed by atoms with van der Waals surface area (Å²) in [6.07, 6.45) is 0.753. The van der Waals surface area contributed by atoms with Gasteiger partial charge in [0, 0.05) is 38.4 Å². The van der Waals surface area contributed by atoms with Gasteiger partial charge in [-0.15, -0.1) is 0 Å². The number of carbonyl (C=O) groups excluding carboxylic acids is 2. The summed E-state index contributed by atoms with van der Waals surface area (Å²) in [5, 5.41) is 2.99. The van der Waals surface area contributed by atoms with Gasteiger partial charge in [0.2, 0.25) is 0 Å². The minimum absolute atomic E-state index is 0.0455. The van der Waals surface area contributed by atoms with Crippen molar-refractivity contribution in [3.63, 3.8) is 0 Å². The van der Waals surface area contributed by atoms with E-state index in [4.69, 9.17) is 9.47 Å². The predicted molar refractivity (Wildman–Crippen MR) is 112 cm³/mol. The fraction of sp³-hybridized carbons (Fsp3) is 0.364. The average molecular weight is 397 g/mol. The Kier molecular flexibility index (Phi) is 6.94. The van der Waals surface area contributed by atoms with Gasteiger partial charge in [-0.05, 0) is 42.3 Å². The zero-order valence-electron chi connectivity index (χ0n) is 16.9. The van der Waals surface area contributed by atoms with Gasteiger partial charge in [0.05, 0.1) is 19.8 Å². The number of methoxy groups -OCH3 is 2. The zero-order valence-corrected chi connectivity index (χ0v) is 16.9. The van der Waals surface area contributed by atoms with Gasteiger partial charge in [-0.2, -0.15) is 0 Å². The molecule has 0 atom stereocenters. The number of carbonyl (C=O) groups is 2. The Hall–Kier alpha value is -3.22. The van der Waals surface area contributed by atoms with Crippen molar-refractivity contribution in [3.8, 4) is 5.75 Å². The highest BCUT2D eigenvalue weighted by molar-refractivity contribution is 5.90. The van der Waals surface area contributed by atoms with Crippen molar-refractivity contribution in [2.75, 3.05) is 51.8 Å². The number of piperazine rings is 1. The Balaban J connectivity index is 1.46. The molecular weight excluding hydrogens is 370 g/mol. The van der Waals surface area contributed by atoms with E-state index >= 15 is 0 Å². The molecule has 0 unspecified atom stereocenters. The Morgan fingerprint density at radius 2 is 1.76 bits per heavy atom. The molecule has 154 valence electrons. The second-order valence-corrected chi connectivity index (χ2v) is 6.85. The smallest absolute Gasteiger partial charge is 0.337 e. The Bertz CT molecular complexity index is 847. The van der Waals surface area contributed by atoms with E-state index < -0.39 is 0 Å². The number of ether oxygens (including phenoxy) is 2. The molecule has 1 saturated heterocycles. The summed E-state index contributed by atoms with van der Waals surface area (Å²) in [7, 11) is 3.02. The highest BCUT2D eigenvalue weighted by Crippen LogP contribution is 2.19. The van der Waals surface area contributed by atoms with E-state index in [0.717, 1.165) is 23.4 Å². The highest BCUT2D eigenvalue weighted by Gasteiger charge is 2.21. The first-order valence-electron chi connectivity index (χ1n) is 9.69. The minimum atomic E-state index is -0.346. The van der Waals surface area contributed by atoms with E-state index in [-0.39, 0.29) is 12.0 Å². The van der Waals surface area contributed by atoms with E-state index in [2.05, 4.69) is 10.2 Å². The number of hydrogen-bond donors (Lipinski definition) is 1. The average Bonchev–Trinajstić information content (AvgIpc) is 2.78. The molecule has 0 aromatic heterocycles. The maximum atomic E-state index is 12.4. The van der Waals surface area contributed by atoms with Crippen molar-refractivity contribution in [1.29, 1.82) is 0 Å². The SMILES string of the molecule is COC(=O)c1cccc(N2CCN(C(=O)NCCc3cccc(OC)c3)CC2)c1. The van der Waals surface area contributed by atoms with Crippen LogP contribution in [0.5, 0.6) is 5.75 Å². The number of urea groups is 1. The van der Waals surface area contributed by atoms with Crippen LogP contribution in [0.2, 0.25) is 0 Å². The molecular formula is C22H27N3O4. The third-order valence-electron chi connectivity index (χ3n) is 5.02. The Morgan fingerprint density at radius 1 is 1.00 bits per heavy atom. The van der Waals surface area contributed by atoms with Gasteiger partial charge in [-0.1, -0.05) is 18.2 Å². The molecule has 1 heterocycles. The summed E-state index contributed by atoms with van der Waals surface area (Å²) in [5.41, 5.74) is 2.62. The van der Waals surface area contributed by atoms with E-state index in [9.17, 15) is 9.59 Å². The van der Waals surface area contributed by atoms with Crippen LogP contribution in [0.3, 0.4) is 0 Å². The topological polar surface area (TPSA) is 71.1 Å². The van der Waals surface area contributed by atoms with E-state index in [1.165, 1.54) is 7.11 Å². The fourth-order valence-corrected chi connectivity index (χ4v) is 3.37. The number of rotatable bonds is 6. The zero-order chi connectivity index (χ0) is 20.6. The van der Waals surface area contributed by atoms with Crippen LogP contribution in [0.25, 0.3) is 0 Å². The lowest BCUT2D eigenvalue weighted by atomic mass is 10.1. The largest absolute Gasteiger partial charge is 0.497 e. The third kappa shape index (κ3) is 5.40. The number of hydrogen-bond acceptors (Lipinski definition) is 5. The molecule has 7 nitrogen and oxygen atoms in total. The number of amides is 2. The van der Waals surface area contributed by atoms with Gasteiger partial charge in [-0.25, -0.2) is 9.59 Å². The molecule has 0 spiro atoms.